The maximum Gasteiger partial charge on any atom is 0.310 e. The summed E-state index contributed by atoms with van der Waals surface area (Å²) in [7, 11) is -8.11. The van der Waals surface area contributed by atoms with Crippen molar-refractivity contribution in [2.75, 3.05) is 24.8 Å². The molecule has 0 saturated heterocycles. The van der Waals surface area contributed by atoms with E-state index >= 15 is 4.39 Å². The first-order chi connectivity index (χ1) is 16.0. The fourth-order valence-electron chi connectivity index (χ4n) is 3.66. The monoisotopic (exact) mass is 540 g/mol. The molecular formula is C20H23ClF2N2O7S2. The Morgan fingerprint density at radius 3 is 2.65 bits per heavy atom. The van der Waals surface area contributed by atoms with Gasteiger partial charge in [-0.05, 0) is 25.8 Å². The zero-order valence-corrected chi connectivity index (χ0v) is 20.8. The van der Waals surface area contributed by atoms with Crippen LogP contribution < -0.4 is 4.18 Å². The fourth-order valence-corrected chi connectivity index (χ4v) is 6.73. The van der Waals surface area contributed by atoms with Crippen LogP contribution in [0.25, 0.3) is 0 Å². The number of sulfone groups is 1. The zero-order valence-electron chi connectivity index (χ0n) is 18.4. The molecule has 188 valence electrons. The predicted molar refractivity (Wildman–Crippen MR) is 119 cm³/mol. The number of aryl methyl sites for hydroxylation is 1. The maximum absolute atomic E-state index is 15.1. The normalized spacial score (nSPS) is 17.4. The van der Waals surface area contributed by atoms with Gasteiger partial charge in [-0.1, -0.05) is 18.5 Å². The van der Waals surface area contributed by atoms with E-state index in [4.69, 9.17) is 20.5 Å². The van der Waals surface area contributed by atoms with Crippen molar-refractivity contribution in [1.82, 2.24) is 9.78 Å². The lowest BCUT2D eigenvalue weighted by molar-refractivity contribution is 0.0380. The van der Waals surface area contributed by atoms with Crippen LogP contribution in [0.5, 0.6) is 5.88 Å². The minimum absolute atomic E-state index is 0.108. The van der Waals surface area contributed by atoms with E-state index in [0.29, 0.717) is 6.07 Å². The van der Waals surface area contributed by atoms with Crippen molar-refractivity contribution in [3.05, 3.63) is 39.8 Å². The molecule has 0 bridgehead atoms. The highest BCUT2D eigenvalue weighted by Crippen LogP contribution is 2.43. The van der Waals surface area contributed by atoms with Crippen LogP contribution in [0.4, 0.5) is 8.78 Å². The summed E-state index contributed by atoms with van der Waals surface area (Å²) >= 11 is 6.41. The third kappa shape index (κ3) is 5.11. The first-order valence-electron chi connectivity index (χ1n) is 10.4. The predicted octanol–water partition coefficient (Wildman–Crippen LogP) is 3.25. The molecule has 34 heavy (non-hydrogen) atoms. The first-order valence-corrected chi connectivity index (χ1v) is 14.0. The van der Waals surface area contributed by atoms with E-state index < -0.39 is 60.5 Å². The van der Waals surface area contributed by atoms with Crippen molar-refractivity contribution < 1.29 is 39.3 Å². The van der Waals surface area contributed by atoms with Crippen LogP contribution in [0.1, 0.15) is 54.3 Å². The summed E-state index contributed by atoms with van der Waals surface area (Å²) in [5.74, 6) is -3.27. The molecule has 1 atom stereocenters. The number of hydrogen-bond donors (Lipinski definition) is 0. The van der Waals surface area contributed by atoms with Crippen LogP contribution in [0.15, 0.2) is 17.2 Å². The fraction of sp³-hybridized carbons (Fsp3) is 0.500. The van der Waals surface area contributed by atoms with Crippen molar-refractivity contribution in [2.24, 2.45) is 0 Å². The summed E-state index contributed by atoms with van der Waals surface area (Å²) < 4.78 is 88.8. The molecule has 1 aromatic heterocycles. The Bertz CT molecular complexity index is 1310. The topological polar surface area (TPSA) is 122 Å². The molecule has 1 aliphatic heterocycles. The first kappa shape index (κ1) is 26.5. The third-order valence-corrected chi connectivity index (χ3v) is 8.66. The molecule has 0 spiro atoms. The largest absolute Gasteiger partial charge is 0.371 e. The van der Waals surface area contributed by atoms with Gasteiger partial charge < -0.3 is 8.92 Å². The summed E-state index contributed by atoms with van der Waals surface area (Å²) in [5.41, 5.74) is -1.01. The van der Waals surface area contributed by atoms with Crippen molar-refractivity contribution >= 4 is 37.3 Å². The van der Waals surface area contributed by atoms with Gasteiger partial charge in [0.1, 0.15) is 23.0 Å². The highest BCUT2D eigenvalue weighted by Gasteiger charge is 2.38. The van der Waals surface area contributed by atoms with Gasteiger partial charge >= 0.3 is 10.1 Å². The molecule has 0 radical (unpaired) electrons. The molecule has 14 heteroatoms. The second-order valence-electron chi connectivity index (χ2n) is 7.47. The van der Waals surface area contributed by atoms with E-state index in [0.717, 1.165) is 10.9 Å². The average Bonchev–Trinajstić information content (AvgIpc) is 3.16. The number of hydrogen-bond acceptors (Lipinski definition) is 8. The van der Waals surface area contributed by atoms with Gasteiger partial charge in [0.05, 0.1) is 35.4 Å². The van der Waals surface area contributed by atoms with Gasteiger partial charge in [-0.3, -0.25) is 4.79 Å². The zero-order chi connectivity index (χ0) is 25.3. The van der Waals surface area contributed by atoms with Crippen molar-refractivity contribution in [3.8, 4) is 5.88 Å². The summed E-state index contributed by atoms with van der Waals surface area (Å²) in [6.07, 6.45) is 0.166. The molecule has 3 rings (SSSR count). The number of benzene rings is 1. The molecule has 2 aromatic rings. The summed E-state index contributed by atoms with van der Waals surface area (Å²) in [5, 5.41) is 3.56. The standard InChI is InChI=1S/C20H23ClF2N2O7S2/c1-3-8-34(29,30)32-20-13(11-24-25(20)4-2)18(26)12-10-14(23)19-16(17(12)21)15(31-7-6-22)5-9-33(19,27)28/h10-11,15H,3-9H2,1-2H3. The van der Waals surface area contributed by atoms with Crippen molar-refractivity contribution in [3.63, 3.8) is 0 Å². The maximum atomic E-state index is 15.1. The Hall–Kier alpha value is -2.09. The van der Waals surface area contributed by atoms with E-state index in [1.165, 1.54) is 0 Å². The molecule has 1 unspecified atom stereocenters. The van der Waals surface area contributed by atoms with E-state index in [9.17, 15) is 26.0 Å². The quantitative estimate of drug-likeness (QED) is 0.332. The van der Waals surface area contributed by atoms with Crippen molar-refractivity contribution in [2.45, 2.75) is 44.2 Å². The Labute approximate surface area is 201 Å². The number of halogens is 3. The van der Waals surface area contributed by atoms with Gasteiger partial charge in [-0.25, -0.2) is 21.9 Å². The van der Waals surface area contributed by atoms with Crippen LogP contribution >= 0.6 is 11.6 Å². The van der Waals surface area contributed by atoms with Gasteiger partial charge in [-0.15, -0.1) is 0 Å². The SMILES string of the molecule is CCCS(=O)(=O)Oc1c(C(=O)c2cc(F)c3c(c2Cl)C(OCCF)CCS3(=O)=O)cnn1CC. The minimum atomic E-state index is -4.06. The van der Waals surface area contributed by atoms with Gasteiger partial charge in [0, 0.05) is 17.7 Å². The number of ether oxygens (including phenoxy) is 1. The number of alkyl halides is 1. The lowest BCUT2D eigenvalue weighted by Crippen LogP contribution is -2.25. The molecular weight excluding hydrogens is 518 g/mol. The molecule has 0 aliphatic carbocycles. The molecule has 0 fully saturated rings. The molecule has 2 heterocycles. The van der Waals surface area contributed by atoms with E-state index in [1.54, 1.807) is 13.8 Å². The van der Waals surface area contributed by atoms with Gasteiger partial charge in [-0.2, -0.15) is 13.5 Å². The summed E-state index contributed by atoms with van der Waals surface area (Å²) in [4.78, 5) is 12.7. The highest BCUT2D eigenvalue weighted by molar-refractivity contribution is 7.91. The average molecular weight is 541 g/mol. The number of carbonyl (C=O) groups is 1. The van der Waals surface area contributed by atoms with Crippen LogP contribution in [0.2, 0.25) is 5.02 Å². The van der Waals surface area contributed by atoms with E-state index in [-0.39, 0.29) is 53.8 Å². The van der Waals surface area contributed by atoms with E-state index in [2.05, 4.69) is 5.10 Å². The summed E-state index contributed by atoms with van der Waals surface area (Å²) in [6, 6.07) is 0.673. The lowest BCUT2D eigenvalue weighted by atomic mass is 9.98. The molecule has 0 N–H and O–H groups in total. The number of carbonyl (C=O) groups excluding carboxylic acids is 1. The number of nitrogens with zero attached hydrogens (tertiary/aromatic N) is 2. The molecule has 1 aliphatic rings. The Morgan fingerprint density at radius 1 is 1.32 bits per heavy atom. The Morgan fingerprint density at radius 2 is 2.03 bits per heavy atom. The van der Waals surface area contributed by atoms with Crippen LogP contribution in [0.3, 0.4) is 0 Å². The van der Waals surface area contributed by atoms with Crippen LogP contribution in [0, 0.1) is 5.82 Å². The molecule has 1 aromatic carbocycles. The molecule has 0 saturated carbocycles. The lowest BCUT2D eigenvalue weighted by Gasteiger charge is -2.27. The third-order valence-electron chi connectivity index (χ3n) is 5.12. The Balaban J connectivity index is 2.17. The summed E-state index contributed by atoms with van der Waals surface area (Å²) in [6.45, 7) is 2.20. The highest BCUT2D eigenvalue weighted by atomic mass is 35.5. The van der Waals surface area contributed by atoms with Crippen LogP contribution in [-0.4, -0.2) is 57.2 Å². The molecule has 0 amide bonds. The number of ketones is 1. The van der Waals surface area contributed by atoms with Gasteiger partial charge in [0.25, 0.3) is 0 Å². The smallest absolute Gasteiger partial charge is 0.310 e. The number of aromatic nitrogens is 2. The second kappa shape index (κ2) is 10.3. The van der Waals surface area contributed by atoms with Gasteiger partial charge in [0.15, 0.2) is 9.84 Å². The van der Waals surface area contributed by atoms with E-state index in [1.807, 2.05) is 0 Å². The Kier molecular flexibility index (Phi) is 8.00. The number of rotatable bonds is 10. The number of fused-ring (bicyclic) bond motifs is 1. The van der Waals surface area contributed by atoms with Gasteiger partial charge in [0.2, 0.25) is 11.7 Å². The minimum Gasteiger partial charge on any atom is -0.371 e. The van der Waals surface area contributed by atoms with Crippen LogP contribution in [-0.2, 0) is 31.2 Å². The van der Waals surface area contributed by atoms with Crippen molar-refractivity contribution in [1.29, 1.82) is 0 Å². The second-order valence-corrected chi connectivity index (χ2v) is 11.6. The molecule has 9 nitrogen and oxygen atoms in total.